The summed E-state index contributed by atoms with van der Waals surface area (Å²) in [5, 5.41) is 5.71. The third-order valence-corrected chi connectivity index (χ3v) is 11.3. The molecule has 0 atom stereocenters. The van der Waals surface area contributed by atoms with Crippen molar-refractivity contribution in [2.24, 2.45) is 0 Å². The zero-order valence-electron chi connectivity index (χ0n) is 26.6. The van der Waals surface area contributed by atoms with Crippen molar-refractivity contribution in [3.05, 3.63) is 158 Å². The van der Waals surface area contributed by atoms with E-state index in [0.717, 1.165) is 48.3 Å². The van der Waals surface area contributed by atoms with Crippen LogP contribution in [0, 0.1) is 0 Å². The van der Waals surface area contributed by atoms with Gasteiger partial charge in [0, 0.05) is 42.4 Å². The van der Waals surface area contributed by atoms with Crippen LogP contribution in [0.25, 0.3) is 97.0 Å². The number of hydrogen-bond donors (Lipinski definition) is 0. The number of thiophene rings is 1. The number of thiazole rings is 1. The first-order valence-corrected chi connectivity index (χ1v) is 18.1. The Balaban J connectivity index is 1.12. The molecular formula is C44H26N4S2. The van der Waals surface area contributed by atoms with E-state index in [-0.39, 0.29) is 0 Å². The van der Waals surface area contributed by atoms with Crippen LogP contribution in [-0.4, -0.2) is 19.9 Å². The van der Waals surface area contributed by atoms with Crippen LogP contribution in [0.15, 0.2) is 158 Å². The molecule has 0 aliphatic heterocycles. The van der Waals surface area contributed by atoms with E-state index < -0.39 is 0 Å². The Hall–Kier alpha value is -6.08. The Morgan fingerprint density at radius 3 is 1.80 bits per heavy atom. The van der Waals surface area contributed by atoms with Gasteiger partial charge in [0.1, 0.15) is 5.01 Å². The lowest BCUT2D eigenvalue weighted by Gasteiger charge is -2.10. The van der Waals surface area contributed by atoms with E-state index in [1.165, 1.54) is 31.3 Å². The predicted octanol–water partition coefficient (Wildman–Crippen LogP) is 12.3. The molecule has 4 nitrogen and oxygen atoms in total. The molecule has 0 N–H and O–H groups in total. The quantitative estimate of drug-likeness (QED) is 0.182. The van der Waals surface area contributed by atoms with Gasteiger partial charge in [0.05, 0.1) is 10.2 Å². The zero-order chi connectivity index (χ0) is 33.0. The fraction of sp³-hybridized carbons (Fsp3) is 0. The Morgan fingerprint density at radius 1 is 0.360 bits per heavy atom. The smallest absolute Gasteiger partial charge is 0.164 e. The van der Waals surface area contributed by atoms with Gasteiger partial charge in [-0.3, -0.25) is 0 Å². The molecular weight excluding hydrogens is 649 g/mol. The van der Waals surface area contributed by atoms with Crippen molar-refractivity contribution in [1.29, 1.82) is 0 Å². The van der Waals surface area contributed by atoms with Crippen LogP contribution in [0.4, 0.5) is 0 Å². The highest BCUT2D eigenvalue weighted by Gasteiger charge is 2.18. The second-order valence-corrected chi connectivity index (χ2v) is 14.4. The lowest BCUT2D eigenvalue weighted by Crippen LogP contribution is -2.00. The summed E-state index contributed by atoms with van der Waals surface area (Å²) < 4.78 is 3.55. The molecule has 3 aromatic heterocycles. The molecule has 0 unspecified atom stereocenters. The van der Waals surface area contributed by atoms with E-state index in [9.17, 15) is 0 Å². The van der Waals surface area contributed by atoms with E-state index in [1.54, 1.807) is 22.7 Å². The van der Waals surface area contributed by atoms with Gasteiger partial charge in [-0.2, -0.15) is 0 Å². The first kappa shape index (κ1) is 28.9. The number of benzene rings is 7. The molecule has 0 radical (unpaired) electrons. The molecule has 10 rings (SSSR count). The van der Waals surface area contributed by atoms with Gasteiger partial charge in [-0.15, -0.1) is 22.7 Å². The monoisotopic (exact) mass is 674 g/mol. The van der Waals surface area contributed by atoms with E-state index in [0.29, 0.717) is 17.5 Å². The Bertz CT molecular complexity index is 2860. The second-order valence-electron chi connectivity index (χ2n) is 12.3. The number of fused-ring (bicyclic) bond motifs is 5. The minimum absolute atomic E-state index is 0.656. The summed E-state index contributed by atoms with van der Waals surface area (Å²) in [5.74, 6) is 1.97. The van der Waals surface area contributed by atoms with Crippen LogP contribution in [0.2, 0.25) is 0 Å². The normalized spacial score (nSPS) is 11.6. The maximum Gasteiger partial charge on any atom is 0.164 e. The van der Waals surface area contributed by atoms with Crippen LogP contribution >= 0.6 is 22.7 Å². The summed E-state index contributed by atoms with van der Waals surface area (Å²) >= 11 is 3.52. The summed E-state index contributed by atoms with van der Waals surface area (Å²) in [6.07, 6.45) is 0. The molecule has 0 bridgehead atoms. The number of rotatable bonds is 5. The molecule has 0 amide bonds. The van der Waals surface area contributed by atoms with Crippen molar-refractivity contribution in [2.45, 2.75) is 0 Å². The first-order chi connectivity index (χ1) is 24.7. The Kier molecular flexibility index (Phi) is 6.82. The molecule has 7 aromatic carbocycles. The molecule has 0 saturated heterocycles. The van der Waals surface area contributed by atoms with Crippen molar-refractivity contribution >= 4 is 63.8 Å². The first-order valence-electron chi connectivity index (χ1n) is 16.5. The average molecular weight is 675 g/mol. The van der Waals surface area contributed by atoms with Gasteiger partial charge in [0.2, 0.25) is 0 Å². The van der Waals surface area contributed by atoms with Gasteiger partial charge in [-0.05, 0) is 46.2 Å². The molecule has 234 valence electrons. The maximum atomic E-state index is 5.15. The number of hydrogen-bond acceptors (Lipinski definition) is 6. The molecule has 3 heterocycles. The maximum absolute atomic E-state index is 5.15. The molecule has 10 aromatic rings. The third-order valence-electron chi connectivity index (χ3n) is 9.16. The highest BCUT2D eigenvalue weighted by Crippen LogP contribution is 2.43. The SMILES string of the molecule is c1ccc(-c2ccc(-c3nc4cc5sc6cccc(-c7nc(-c8ccccc8)nc(-c8ccc9ccccc9c8)n7)c6c5cc4s3)cc2)cc1. The summed E-state index contributed by atoms with van der Waals surface area (Å²) in [6, 6.07) is 55.1. The van der Waals surface area contributed by atoms with Gasteiger partial charge in [-0.1, -0.05) is 133 Å². The molecule has 0 spiro atoms. The Labute approximate surface area is 296 Å². The molecule has 0 aliphatic rings. The summed E-state index contributed by atoms with van der Waals surface area (Å²) in [7, 11) is 0. The van der Waals surface area contributed by atoms with Gasteiger partial charge < -0.3 is 0 Å². The number of aromatic nitrogens is 4. The van der Waals surface area contributed by atoms with Crippen molar-refractivity contribution in [2.75, 3.05) is 0 Å². The standard InChI is InChI=1S/C44H26N4S2/c1-3-10-27(11-4-1)29-18-21-31(22-19-29)44-45-36-26-38-35(25-39(36)50-44)40-34(16-9-17-37(40)49-38)43-47-41(30-13-5-2-6-14-30)46-42(48-43)33-23-20-28-12-7-8-15-32(28)24-33/h1-26H. The Morgan fingerprint density at radius 2 is 1.00 bits per heavy atom. The van der Waals surface area contributed by atoms with Crippen LogP contribution in [-0.2, 0) is 0 Å². The largest absolute Gasteiger partial charge is 0.236 e. The fourth-order valence-electron chi connectivity index (χ4n) is 6.66. The van der Waals surface area contributed by atoms with Crippen molar-refractivity contribution in [3.63, 3.8) is 0 Å². The van der Waals surface area contributed by atoms with Crippen LogP contribution in [0.3, 0.4) is 0 Å². The van der Waals surface area contributed by atoms with Gasteiger partial charge >= 0.3 is 0 Å². The minimum Gasteiger partial charge on any atom is -0.236 e. The van der Waals surface area contributed by atoms with Crippen LogP contribution < -0.4 is 0 Å². The molecule has 0 aliphatic carbocycles. The highest BCUT2D eigenvalue weighted by molar-refractivity contribution is 7.26. The topological polar surface area (TPSA) is 51.6 Å². The average Bonchev–Trinajstić information content (AvgIpc) is 3.78. The summed E-state index contributed by atoms with van der Waals surface area (Å²) in [6.45, 7) is 0. The van der Waals surface area contributed by atoms with Gasteiger partial charge in [0.15, 0.2) is 17.5 Å². The van der Waals surface area contributed by atoms with E-state index >= 15 is 0 Å². The van der Waals surface area contributed by atoms with Crippen molar-refractivity contribution < 1.29 is 0 Å². The van der Waals surface area contributed by atoms with Crippen molar-refractivity contribution in [3.8, 4) is 55.9 Å². The van der Waals surface area contributed by atoms with Gasteiger partial charge in [-0.25, -0.2) is 19.9 Å². The van der Waals surface area contributed by atoms with E-state index in [4.69, 9.17) is 19.9 Å². The summed E-state index contributed by atoms with van der Waals surface area (Å²) in [5.41, 5.74) is 7.47. The van der Waals surface area contributed by atoms with Crippen molar-refractivity contribution in [1.82, 2.24) is 19.9 Å². The molecule has 0 saturated carbocycles. The van der Waals surface area contributed by atoms with E-state index in [1.807, 2.05) is 24.3 Å². The lowest BCUT2D eigenvalue weighted by molar-refractivity contribution is 1.08. The third kappa shape index (κ3) is 5.05. The van der Waals surface area contributed by atoms with Gasteiger partial charge in [0.25, 0.3) is 0 Å². The molecule has 0 fully saturated rings. The second kappa shape index (κ2) is 11.8. The predicted molar refractivity (Wildman–Crippen MR) is 211 cm³/mol. The van der Waals surface area contributed by atoms with E-state index in [2.05, 4.69) is 133 Å². The fourth-order valence-corrected chi connectivity index (χ4v) is 8.80. The summed E-state index contributed by atoms with van der Waals surface area (Å²) in [4.78, 5) is 20.4. The number of nitrogens with zero attached hydrogens (tertiary/aromatic N) is 4. The molecule has 50 heavy (non-hydrogen) atoms. The lowest BCUT2D eigenvalue weighted by atomic mass is 10.0. The zero-order valence-corrected chi connectivity index (χ0v) is 28.2. The molecule has 6 heteroatoms. The van der Waals surface area contributed by atoms with Crippen LogP contribution in [0.5, 0.6) is 0 Å². The highest BCUT2D eigenvalue weighted by atomic mass is 32.1. The van der Waals surface area contributed by atoms with Crippen LogP contribution in [0.1, 0.15) is 0 Å². The minimum atomic E-state index is 0.656.